The van der Waals surface area contributed by atoms with Gasteiger partial charge in [-0.25, -0.2) is 9.97 Å². The normalized spacial score (nSPS) is 24.1. The molecule has 11 heteroatoms. The fourth-order valence-electron chi connectivity index (χ4n) is 3.27. The maximum atomic E-state index is 12.2. The Kier molecular flexibility index (Phi) is 5.20. The van der Waals surface area contributed by atoms with Gasteiger partial charge < -0.3 is 35.1 Å². The molecule has 1 aromatic carbocycles. The molecule has 1 aliphatic heterocycles. The molecule has 0 spiro atoms. The van der Waals surface area contributed by atoms with Crippen molar-refractivity contribution in [1.82, 2.24) is 19.5 Å². The van der Waals surface area contributed by atoms with Crippen LogP contribution in [0.1, 0.15) is 13.2 Å². The highest BCUT2D eigenvalue weighted by atomic mass is 16.6. The molecule has 1 fully saturated rings. The zero-order valence-corrected chi connectivity index (χ0v) is 15.5. The first-order valence-electron chi connectivity index (χ1n) is 9.11. The van der Waals surface area contributed by atoms with Gasteiger partial charge in [-0.1, -0.05) is 0 Å². The summed E-state index contributed by atoms with van der Waals surface area (Å²) >= 11 is 0. The Balaban J connectivity index is 1.76. The molecule has 0 aliphatic carbocycles. The van der Waals surface area contributed by atoms with Gasteiger partial charge in [0.25, 0.3) is 5.56 Å². The second-order valence-electron chi connectivity index (χ2n) is 6.52. The largest absolute Gasteiger partial charge is 0.494 e. The van der Waals surface area contributed by atoms with Crippen molar-refractivity contribution in [2.75, 3.05) is 18.5 Å². The van der Waals surface area contributed by atoms with Crippen molar-refractivity contribution in [2.24, 2.45) is 0 Å². The molecule has 4 rings (SSSR count). The van der Waals surface area contributed by atoms with E-state index in [-0.39, 0.29) is 17.1 Å². The predicted molar refractivity (Wildman–Crippen MR) is 102 cm³/mol. The summed E-state index contributed by atoms with van der Waals surface area (Å²) < 4.78 is 12.4. The maximum absolute atomic E-state index is 12.2. The second kappa shape index (κ2) is 7.79. The lowest BCUT2D eigenvalue weighted by Gasteiger charge is -2.19. The minimum absolute atomic E-state index is 0.0404. The third-order valence-corrected chi connectivity index (χ3v) is 4.68. The van der Waals surface area contributed by atoms with Crippen LogP contribution in [0.4, 0.5) is 11.6 Å². The Morgan fingerprint density at radius 1 is 1.28 bits per heavy atom. The standard InChI is InChI=1S/C18H21N5O6/c1-2-28-10-5-3-9(4-6-10)21-18-22-12-15(19-8-20-16(12)27)23(18)17-14(26)13(25)11(7-24)29-17/h3-6,8,11,13-14,17,24-26H,2,7H2,1H3,(H,21,22)(H,19,20,27)/t11-,13+,14+,17-/m1/s1. The fraction of sp³-hybridized carbons (Fsp3) is 0.389. The van der Waals surface area contributed by atoms with E-state index < -0.39 is 36.7 Å². The molecule has 0 radical (unpaired) electrons. The van der Waals surface area contributed by atoms with Crippen molar-refractivity contribution in [3.05, 3.63) is 40.9 Å². The van der Waals surface area contributed by atoms with Crippen LogP contribution in [0, 0.1) is 0 Å². The number of H-pyrrole nitrogens is 1. The van der Waals surface area contributed by atoms with Gasteiger partial charge in [0.05, 0.1) is 19.5 Å². The number of nitrogens with zero attached hydrogens (tertiary/aromatic N) is 3. The average molecular weight is 403 g/mol. The van der Waals surface area contributed by atoms with Crippen LogP contribution in [-0.4, -0.2) is 66.4 Å². The molecule has 3 aromatic rings. The summed E-state index contributed by atoms with van der Waals surface area (Å²) in [4.78, 5) is 23.1. The van der Waals surface area contributed by atoms with E-state index >= 15 is 0 Å². The summed E-state index contributed by atoms with van der Waals surface area (Å²) in [7, 11) is 0. The van der Waals surface area contributed by atoms with Crippen molar-refractivity contribution in [3.8, 4) is 5.75 Å². The lowest BCUT2D eigenvalue weighted by atomic mass is 10.1. The SMILES string of the molecule is CCOc1ccc(Nc2nc3c(=O)[nH]cnc3n2[C@@H]2O[C@H](CO)[C@H](O)[C@@H]2O)cc1. The van der Waals surface area contributed by atoms with Crippen molar-refractivity contribution in [1.29, 1.82) is 0 Å². The van der Waals surface area contributed by atoms with E-state index in [9.17, 15) is 20.1 Å². The summed E-state index contributed by atoms with van der Waals surface area (Å²) in [6.45, 7) is 1.96. The molecule has 4 atom stereocenters. The van der Waals surface area contributed by atoms with Gasteiger partial charge in [0.15, 0.2) is 17.4 Å². The number of nitrogens with one attached hydrogen (secondary N) is 2. The topological polar surface area (TPSA) is 155 Å². The maximum Gasteiger partial charge on any atom is 0.278 e. The number of aliphatic hydroxyl groups is 3. The molecule has 0 bridgehead atoms. The Labute approximate surface area is 164 Å². The van der Waals surface area contributed by atoms with E-state index in [0.29, 0.717) is 18.0 Å². The van der Waals surface area contributed by atoms with Crippen LogP contribution in [0.25, 0.3) is 11.2 Å². The van der Waals surface area contributed by atoms with Crippen LogP contribution in [0.15, 0.2) is 35.4 Å². The highest BCUT2D eigenvalue weighted by molar-refractivity contribution is 5.75. The molecule has 0 unspecified atom stereocenters. The Morgan fingerprint density at radius 2 is 2.03 bits per heavy atom. The number of fused-ring (bicyclic) bond motifs is 1. The lowest BCUT2D eigenvalue weighted by Crippen LogP contribution is -2.33. The number of hydrogen-bond acceptors (Lipinski definition) is 9. The number of anilines is 2. The van der Waals surface area contributed by atoms with Gasteiger partial charge in [0, 0.05) is 5.69 Å². The predicted octanol–water partition coefficient (Wildman–Crippen LogP) is -0.127. The molecule has 5 N–H and O–H groups in total. The number of benzene rings is 1. The molecule has 0 saturated carbocycles. The first kappa shape index (κ1) is 19.3. The summed E-state index contributed by atoms with van der Waals surface area (Å²) in [6, 6.07) is 7.08. The van der Waals surface area contributed by atoms with Crippen LogP contribution in [0.5, 0.6) is 5.75 Å². The number of aromatic amines is 1. The third-order valence-electron chi connectivity index (χ3n) is 4.68. The van der Waals surface area contributed by atoms with E-state index in [2.05, 4.69) is 20.3 Å². The molecular formula is C18H21N5O6. The second-order valence-corrected chi connectivity index (χ2v) is 6.52. The number of rotatable bonds is 6. The van der Waals surface area contributed by atoms with Gasteiger partial charge in [-0.15, -0.1) is 0 Å². The van der Waals surface area contributed by atoms with Crippen molar-refractivity contribution < 1.29 is 24.8 Å². The summed E-state index contributed by atoms with van der Waals surface area (Å²) in [5.41, 5.74) is 0.388. The van der Waals surface area contributed by atoms with Crippen LogP contribution in [-0.2, 0) is 4.74 Å². The van der Waals surface area contributed by atoms with Crippen molar-refractivity contribution in [2.45, 2.75) is 31.5 Å². The van der Waals surface area contributed by atoms with Gasteiger partial charge in [0.1, 0.15) is 24.1 Å². The highest BCUT2D eigenvalue weighted by Crippen LogP contribution is 2.34. The average Bonchev–Trinajstić information content (AvgIpc) is 3.22. The van der Waals surface area contributed by atoms with E-state index in [1.54, 1.807) is 24.3 Å². The van der Waals surface area contributed by atoms with Crippen LogP contribution < -0.4 is 15.6 Å². The molecule has 3 heterocycles. The number of hydrogen-bond donors (Lipinski definition) is 5. The van der Waals surface area contributed by atoms with E-state index in [4.69, 9.17) is 9.47 Å². The van der Waals surface area contributed by atoms with Crippen molar-refractivity contribution >= 4 is 22.8 Å². The minimum atomic E-state index is -1.36. The number of aromatic nitrogens is 4. The summed E-state index contributed by atoms with van der Waals surface area (Å²) in [5.74, 6) is 0.885. The first-order chi connectivity index (χ1) is 14.0. The van der Waals surface area contributed by atoms with Crippen LogP contribution in [0.2, 0.25) is 0 Å². The molecule has 1 aliphatic rings. The molecule has 2 aromatic heterocycles. The zero-order chi connectivity index (χ0) is 20.5. The van der Waals surface area contributed by atoms with E-state index in [1.807, 2.05) is 6.92 Å². The van der Waals surface area contributed by atoms with Gasteiger partial charge in [-0.05, 0) is 31.2 Å². The Bertz CT molecular complexity index is 1050. The molecule has 29 heavy (non-hydrogen) atoms. The Hall–Kier alpha value is -2.99. The van der Waals surface area contributed by atoms with Crippen LogP contribution in [0.3, 0.4) is 0 Å². The highest BCUT2D eigenvalue weighted by Gasteiger charge is 2.45. The molecule has 11 nitrogen and oxygen atoms in total. The lowest BCUT2D eigenvalue weighted by molar-refractivity contribution is -0.0501. The minimum Gasteiger partial charge on any atom is -0.494 e. The van der Waals surface area contributed by atoms with Gasteiger partial charge in [0.2, 0.25) is 5.95 Å². The summed E-state index contributed by atoms with van der Waals surface area (Å²) in [5, 5.41) is 33.0. The zero-order valence-electron chi connectivity index (χ0n) is 15.5. The van der Waals surface area contributed by atoms with Gasteiger partial charge in [-0.3, -0.25) is 9.36 Å². The van der Waals surface area contributed by atoms with E-state index in [1.165, 1.54) is 10.9 Å². The smallest absolute Gasteiger partial charge is 0.278 e. The third kappa shape index (κ3) is 3.44. The monoisotopic (exact) mass is 403 g/mol. The number of aliphatic hydroxyl groups excluding tert-OH is 3. The first-order valence-corrected chi connectivity index (χ1v) is 9.11. The molecular weight excluding hydrogens is 382 g/mol. The molecule has 0 amide bonds. The number of imidazole rings is 1. The van der Waals surface area contributed by atoms with Crippen LogP contribution >= 0.6 is 0 Å². The van der Waals surface area contributed by atoms with Gasteiger partial charge in [-0.2, -0.15) is 0 Å². The van der Waals surface area contributed by atoms with E-state index in [0.717, 1.165) is 0 Å². The fourth-order valence-corrected chi connectivity index (χ4v) is 3.27. The van der Waals surface area contributed by atoms with Crippen molar-refractivity contribution in [3.63, 3.8) is 0 Å². The molecule has 1 saturated heterocycles. The molecule has 154 valence electrons. The van der Waals surface area contributed by atoms with Gasteiger partial charge >= 0.3 is 0 Å². The quantitative estimate of drug-likeness (QED) is 0.379. The number of ether oxygens (including phenoxy) is 2. The Morgan fingerprint density at radius 3 is 2.69 bits per heavy atom. The summed E-state index contributed by atoms with van der Waals surface area (Å²) in [6.07, 6.45) is -3.53.